The molecular formula is C17H18N2O. The van der Waals surface area contributed by atoms with Gasteiger partial charge in [-0.2, -0.15) is 0 Å². The van der Waals surface area contributed by atoms with Gasteiger partial charge in [-0.25, -0.2) is 0 Å². The van der Waals surface area contributed by atoms with Crippen molar-refractivity contribution in [2.45, 2.75) is 25.5 Å². The molecule has 0 bridgehead atoms. The molecule has 3 atom stereocenters. The van der Waals surface area contributed by atoms with E-state index in [1.807, 2.05) is 12.4 Å². The highest BCUT2D eigenvalue weighted by atomic mass is 16.5. The SMILES string of the molecule is Cc1ccc2c(c1)[C@H]1OCC[C@H]1C(c1ccncc1)N2. The average Bonchev–Trinajstić information content (AvgIpc) is 2.97. The number of hydrogen-bond acceptors (Lipinski definition) is 3. The van der Waals surface area contributed by atoms with Crippen LogP contribution in [-0.2, 0) is 4.74 Å². The molecule has 1 unspecified atom stereocenters. The van der Waals surface area contributed by atoms with E-state index < -0.39 is 0 Å². The number of hydrogen-bond donors (Lipinski definition) is 1. The number of rotatable bonds is 1. The Morgan fingerprint density at radius 2 is 2.05 bits per heavy atom. The summed E-state index contributed by atoms with van der Waals surface area (Å²) in [7, 11) is 0. The Hall–Kier alpha value is -1.87. The van der Waals surface area contributed by atoms with Gasteiger partial charge in [-0.05, 0) is 37.1 Å². The normalized spacial score (nSPS) is 27.6. The van der Waals surface area contributed by atoms with E-state index in [1.54, 1.807) is 0 Å². The van der Waals surface area contributed by atoms with Crippen molar-refractivity contribution in [1.82, 2.24) is 4.98 Å². The molecule has 1 aromatic heterocycles. The van der Waals surface area contributed by atoms with Crippen molar-refractivity contribution >= 4 is 5.69 Å². The van der Waals surface area contributed by atoms with E-state index in [1.165, 1.54) is 22.4 Å². The predicted octanol–water partition coefficient (Wildman–Crippen LogP) is 3.63. The third kappa shape index (κ3) is 1.81. The molecule has 0 saturated carbocycles. The number of fused-ring (bicyclic) bond motifs is 3. The van der Waals surface area contributed by atoms with E-state index in [4.69, 9.17) is 4.74 Å². The lowest BCUT2D eigenvalue weighted by molar-refractivity contribution is 0.0829. The molecular weight excluding hydrogens is 248 g/mol. The van der Waals surface area contributed by atoms with E-state index >= 15 is 0 Å². The minimum atomic E-state index is 0.226. The monoisotopic (exact) mass is 266 g/mol. The van der Waals surface area contributed by atoms with E-state index in [-0.39, 0.29) is 6.10 Å². The molecule has 4 rings (SSSR count). The van der Waals surface area contributed by atoms with E-state index in [2.05, 4.69) is 47.6 Å². The van der Waals surface area contributed by atoms with Crippen LogP contribution in [0.3, 0.4) is 0 Å². The van der Waals surface area contributed by atoms with Crippen LogP contribution < -0.4 is 5.32 Å². The zero-order chi connectivity index (χ0) is 13.5. The molecule has 2 aromatic rings. The lowest BCUT2D eigenvalue weighted by Gasteiger charge is -2.36. The van der Waals surface area contributed by atoms with Crippen molar-refractivity contribution < 1.29 is 4.74 Å². The number of aromatic nitrogens is 1. The van der Waals surface area contributed by atoms with Gasteiger partial charge in [-0.1, -0.05) is 17.7 Å². The number of ether oxygens (including phenoxy) is 1. The first-order valence-corrected chi connectivity index (χ1v) is 7.21. The standard InChI is InChI=1S/C17H18N2O/c1-11-2-3-15-14(10-11)17-13(6-9-20-17)16(19-15)12-4-7-18-8-5-12/h2-5,7-8,10,13,16-17,19H,6,9H2,1H3/t13-,16?,17-/m0/s1. The minimum absolute atomic E-state index is 0.226. The maximum Gasteiger partial charge on any atom is 0.0896 e. The highest BCUT2D eigenvalue weighted by Crippen LogP contribution is 2.49. The Kier molecular flexibility index (Phi) is 2.74. The second-order valence-electron chi connectivity index (χ2n) is 5.74. The van der Waals surface area contributed by atoms with Gasteiger partial charge in [0, 0.05) is 36.2 Å². The molecule has 2 aliphatic heterocycles. The maximum atomic E-state index is 6.03. The summed E-state index contributed by atoms with van der Waals surface area (Å²) < 4.78 is 6.03. The second kappa shape index (κ2) is 4.60. The van der Waals surface area contributed by atoms with Gasteiger partial charge < -0.3 is 10.1 Å². The summed E-state index contributed by atoms with van der Waals surface area (Å²) in [4.78, 5) is 4.12. The largest absolute Gasteiger partial charge is 0.378 e. The molecule has 102 valence electrons. The van der Waals surface area contributed by atoms with Crippen molar-refractivity contribution in [3.05, 3.63) is 59.4 Å². The molecule has 0 aliphatic carbocycles. The summed E-state index contributed by atoms with van der Waals surface area (Å²) in [5.74, 6) is 0.506. The Bertz CT molecular complexity index is 626. The van der Waals surface area contributed by atoms with Crippen LogP contribution in [0.25, 0.3) is 0 Å². The Morgan fingerprint density at radius 3 is 2.90 bits per heavy atom. The molecule has 1 saturated heterocycles. The highest BCUT2D eigenvalue weighted by Gasteiger charge is 2.41. The van der Waals surface area contributed by atoms with Crippen molar-refractivity contribution in [3.63, 3.8) is 0 Å². The highest BCUT2D eigenvalue weighted by molar-refractivity contribution is 5.58. The number of aryl methyl sites for hydroxylation is 1. The molecule has 0 spiro atoms. The fraction of sp³-hybridized carbons (Fsp3) is 0.353. The fourth-order valence-corrected chi connectivity index (χ4v) is 3.49. The molecule has 1 aromatic carbocycles. The van der Waals surface area contributed by atoms with Crippen molar-refractivity contribution in [1.29, 1.82) is 0 Å². The van der Waals surface area contributed by atoms with Gasteiger partial charge >= 0.3 is 0 Å². The number of benzene rings is 1. The fourth-order valence-electron chi connectivity index (χ4n) is 3.49. The van der Waals surface area contributed by atoms with Gasteiger partial charge in [0.2, 0.25) is 0 Å². The number of nitrogens with one attached hydrogen (secondary N) is 1. The summed E-state index contributed by atoms with van der Waals surface area (Å²) in [6.07, 6.45) is 5.07. The van der Waals surface area contributed by atoms with E-state index in [0.717, 1.165) is 13.0 Å². The first kappa shape index (κ1) is 11.9. The molecule has 1 fully saturated rings. The molecule has 20 heavy (non-hydrogen) atoms. The lowest BCUT2D eigenvalue weighted by atomic mass is 9.81. The average molecular weight is 266 g/mol. The second-order valence-corrected chi connectivity index (χ2v) is 5.74. The van der Waals surface area contributed by atoms with Crippen molar-refractivity contribution in [2.24, 2.45) is 5.92 Å². The lowest BCUT2D eigenvalue weighted by Crippen LogP contribution is -2.29. The van der Waals surface area contributed by atoms with Gasteiger partial charge in [-0.3, -0.25) is 4.98 Å². The quantitative estimate of drug-likeness (QED) is 0.855. The smallest absolute Gasteiger partial charge is 0.0896 e. The molecule has 3 nitrogen and oxygen atoms in total. The van der Waals surface area contributed by atoms with Crippen LogP contribution in [0, 0.1) is 12.8 Å². The zero-order valence-corrected chi connectivity index (χ0v) is 11.5. The first-order valence-electron chi connectivity index (χ1n) is 7.21. The number of anilines is 1. The van der Waals surface area contributed by atoms with Crippen LogP contribution in [0.2, 0.25) is 0 Å². The summed E-state index contributed by atoms with van der Waals surface area (Å²) >= 11 is 0. The Labute approximate surface area is 119 Å². The summed E-state index contributed by atoms with van der Waals surface area (Å²) in [6.45, 7) is 2.99. The molecule has 2 aliphatic rings. The van der Waals surface area contributed by atoms with Gasteiger partial charge in [0.1, 0.15) is 0 Å². The predicted molar refractivity (Wildman–Crippen MR) is 78.6 cm³/mol. The van der Waals surface area contributed by atoms with Crippen LogP contribution in [0.1, 0.15) is 35.3 Å². The minimum Gasteiger partial charge on any atom is -0.378 e. The third-order valence-corrected chi connectivity index (χ3v) is 4.46. The number of nitrogens with zero attached hydrogens (tertiary/aromatic N) is 1. The molecule has 1 N–H and O–H groups in total. The maximum absolute atomic E-state index is 6.03. The van der Waals surface area contributed by atoms with Crippen LogP contribution in [-0.4, -0.2) is 11.6 Å². The molecule has 3 heterocycles. The Balaban J connectivity index is 1.79. The van der Waals surface area contributed by atoms with Crippen LogP contribution in [0.5, 0.6) is 0 Å². The van der Waals surface area contributed by atoms with Gasteiger partial charge in [0.15, 0.2) is 0 Å². The van der Waals surface area contributed by atoms with Gasteiger partial charge in [0.05, 0.1) is 12.1 Å². The van der Waals surface area contributed by atoms with Crippen molar-refractivity contribution in [2.75, 3.05) is 11.9 Å². The van der Waals surface area contributed by atoms with Crippen LogP contribution in [0.4, 0.5) is 5.69 Å². The third-order valence-electron chi connectivity index (χ3n) is 4.46. The summed E-state index contributed by atoms with van der Waals surface area (Å²) in [6, 6.07) is 11.1. The molecule has 3 heteroatoms. The first-order chi connectivity index (χ1) is 9.83. The van der Waals surface area contributed by atoms with Gasteiger partial charge in [0.25, 0.3) is 0 Å². The van der Waals surface area contributed by atoms with Gasteiger partial charge in [-0.15, -0.1) is 0 Å². The summed E-state index contributed by atoms with van der Waals surface area (Å²) in [5, 5.41) is 3.70. The topological polar surface area (TPSA) is 34.1 Å². The zero-order valence-electron chi connectivity index (χ0n) is 11.5. The Morgan fingerprint density at radius 1 is 1.20 bits per heavy atom. The summed E-state index contributed by atoms with van der Waals surface area (Å²) in [5.41, 5.74) is 5.12. The van der Waals surface area contributed by atoms with E-state index in [0.29, 0.717) is 12.0 Å². The van der Waals surface area contributed by atoms with Crippen LogP contribution >= 0.6 is 0 Å². The van der Waals surface area contributed by atoms with Crippen molar-refractivity contribution in [3.8, 4) is 0 Å². The number of pyridine rings is 1. The van der Waals surface area contributed by atoms with E-state index in [9.17, 15) is 0 Å². The molecule has 0 amide bonds. The van der Waals surface area contributed by atoms with Crippen LogP contribution in [0.15, 0.2) is 42.7 Å². The molecule has 0 radical (unpaired) electrons.